The molecule has 1 N–H and O–H groups in total. The van der Waals surface area contributed by atoms with E-state index < -0.39 is 5.97 Å². The molecule has 0 saturated heterocycles. The van der Waals surface area contributed by atoms with Crippen LogP contribution in [0.5, 0.6) is 0 Å². The van der Waals surface area contributed by atoms with Crippen LogP contribution in [-0.4, -0.2) is 25.8 Å². The van der Waals surface area contributed by atoms with E-state index in [1.54, 1.807) is 23.7 Å². The molecule has 0 fully saturated rings. The SMILES string of the molecule is Cc1nc(C)n(-c2ccc(C(=O)O)s2)n1. The monoisotopic (exact) mass is 223 g/mol. The standard InChI is InChI=1S/C9H9N3O2S/c1-5-10-6(2)12(11-5)8-4-3-7(15-8)9(13)14/h3-4H,1-2H3,(H,13,14). The summed E-state index contributed by atoms with van der Waals surface area (Å²) < 4.78 is 1.65. The third kappa shape index (κ3) is 1.75. The Morgan fingerprint density at radius 2 is 2.20 bits per heavy atom. The van der Waals surface area contributed by atoms with Crippen molar-refractivity contribution in [2.24, 2.45) is 0 Å². The molecule has 0 spiro atoms. The summed E-state index contributed by atoms with van der Waals surface area (Å²) in [7, 11) is 0. The molecule has 0 aromatic carbocycles. The third-order valence-corrected chi connectivity index (χ3v) is 2.93. The molecule has 0 aliphatic heterocycles. The minimum Gasteiger partial charge on any atom is -0.477 e. The van der Waals surface area contributed by atoms with Crippen LogP contribution < -0.4 is 0 Å². The van der Waals surface area contributed by atoms with Crippen molar-refractivity contribution < 1.29 is 9.90 Å². The Morgan fingerprint density at radius 3 is 2.67 bits per heavy atom. The number of carbonyl (C=O) groups is 1. The van der Waals surface area contributed by atoms with Crippen LogP contribution in [0.1, 0.15) is 21.3 Å². The van der Waals surface area contributed by atoms with Gasteiger partial charge in [0, 0.05) is 0 Å². The minimum atomic E-state index is -0.916. The lowest BCUT2D eigenvalue weighted by atomic mass is 10.5. The van der Waals surface area contributed by atoms with E-state index in [9.17, 15) is 4.79 Å². The third-order valence-electron chi connectivity index (χ3n) is 1.89. The first kappa shape index (κ1) is 9.85. The Kier molecular flexibility index (Phi) is 2.28. The van der Waals surface area contributed by atoms with Crippen LogP contribution in [0.15, 0.2) is 12.1 Å². The normalized spacial score (nSPS) is 10.5. The van der Waals surface area contributed by atoms with Gasteiger partial charge >= 0.3 is 5.97 Å². The zero-order chi connectivity index (χ0) is 11.0. The molecule has 2 aromatic rings. The lowest BCUT2D eigenvalue weighted by molar-refractivity contribution is 0.0702. The van der Waals surface area contributed by atoms with E-state index in [-0.39, 0.29) is 0 Å². The number of thiophene rings is 1. The van der Waals surface area contributed by atoms with Gasteiger partial charge in [0.1, 0.15) is 21.5 Å². The molecule has 0 unspecified atom stereocenters. The van der Waals surface area contributed by atoms with E-state index in [0.29, 0.717) is 10.7 Å². The summed E-state index contributed by atoms with van der Waals surface area (Å²) in [4.78, 5) is 15.2. The van der Waals surface area contributed by atoms with Crippen LogP contribution in [0.3, 0.4) is 0 Å². The molecule has 0 amide bonds. The van der Waals surface area contributed by atoms with Crippen molar-refractivity contribution in [1.82, 2.24) is 14.8 Å². The molecule has 0 aliphatic rings. The first-order chi connectivity index (χ1) is 7.08. The fraction of sp³-hybridized carbons (Fsp3) is 0.222. The maximum Gasteiger partial charge on any atom is 0.345 e. The van der Waals surface area contributed by atoms with Gasteiger partial charge in [-0.15, -0.1) is 11.3 Å². The van der Waals surface area contributed by atoms with Gasteiger partial charge in [0.05, 0.1) is 0 Å². The number of hydrogen-bond acceptors (Lipinski definition) is 4. The van der Waals surface area contributed by atoms with E-state index in [0.717, 1.165) is 10.8 Å². The predicted molar refractivity (Wildman–Crippen MR) is 55.7 cm³/mol. The molecule has 2 heterocycles. The summed E-state index contributed by atoms with van der Waals surface area (Å²) >= 11 is 1.18. The first-order valence-electron chi connectivity index (χ1n) is 4.31. The smallest absolute Gasteiger partial charge is 0.345 e. The fourth-order valence-electron chi connectivity index (χ4n) is 1.29. The van der Waals surface area contributed by atoms with E-state index >= 15 is 0 Å². The summed E-state index contributed by atoms with van der Waals surface area (Å²) in [6.45, 7) is 3.63. The van der Waals surface area contributed by atoms with Crippen molar-refractivity contribution in [2.45, 2.75) is 13.8 Å². The zero-order valence-electron chi connectivity index (χ0n) is 8.26. The summed E-state index contributed by atoms with van der Waals surface area (Å²) in [6.07, 6.45) is 0. The predicted octanol–water partition coefficient (Wildman–Crippen LogP) is 1.64. The summed E-state index contributed by atoms with van der Waals surface area (Å²) in [5.74, 6) is 0.518. The van der Waals surface area contributed by atoms with Gasteiger partial charge in [-0.05, 0) is 26.0 Å². The highest BCUT2D eigenvalue weighted by Crippen LogP contribution is 2.21. The molecule has 0 atom stereocenters. The lowest BCUT2D eigenvalue weighted by Crippen LogP contribution is -1.96. The van der Waals surface area contributed by atoms with Gasteiger partial charge in [-0.1, -0.05) is 0 Å². The molecule has 0 radical (unpaired) electrons. The number of carboxylic acid groups (broad SMARTS) is 1. The number of aromatic nitrogens is 3. The van der Waals surface area contributed by atoms with Gasteiger partial charge in [-0.2, -0.15) is 5.10 Å². The Balaban J connectivity index is 2.45. The number of aromatic carboxylic acids is 1. The molecule has 0 saturated carbocycles. The largest absolute Gasteiger partial charge is 0.477 e. The van der Waals surface area contributed by atoms with Crippen molar-refractivity contribution >= 4 is 17.3 Å². The average Bonchev–Trinajstić information content (AvgIpc) is 2.71. The Morgan fingerprint density at radius 1 is 1.47 bits per heavy atom. The number of rotatable bonds is 2. The van der Waals surface area contributed by atoms with Crippen molar-refractivity contribution in [1.29, 1.82) is 0 Å². The first-order valence-corrected chi connectivity index (χ1v) is 5.13. The number of hydrogen-bond donors (Lipinski definition) is 1. The average molecular weight is 223 g/mol. The van der Waals surface area contributed by atoms with Crippen LogP contribution in [0.2, 0.25) is 0 Å². The van der Waals surface area contributed by atoms with E-state index in [1.807, 2.05) is 6.92 Å². The van der Waals surface area contributed by atoms with Crippen LogP contribution in [-0.2, 0) is 0 Å². The maximum absolute atomic E-state index is 10.7. The molecule has 2 aromatic heterocycles. The molecule has 78 valence electrons. The van der Waals surface area contributed by atoms with Crippen molar-refractivity contribution in [2.75, 3.05) is 0 Å². The van der Waals surface area contributed by atoms with Gasteiger partial charge < -0.3 is 5.11 Å². The van der Waals surface area contributed by atoms with Gasteiger partial charge in [-0.3, -0.25) is 0 Å². The Bertz CT molecular complexity index is 515. The number of aryl methyl sites for hydroxylation is 2. The Labute approximate surface area is 90.0 Å². The molecule has 0 aliphatic carbocycles. The second-order valence-electron chi connectivity index (χ2n) is 3.06. The number of nitrogens with zero attached hydrogens (tertiary/aromatic N) is 3. The van der Waals surface area contributed by atoms with E-state index in [1.165, 1.54) is 11.3 Å². The molecule has 2 rings (SSSR count). The molecular formula is C9H9N3O2S. The quantitative estimate of drug-likeness (QED) is 0.840. The topological polar surface area (TPSA) is 68.0 Å². The number of carboxylic acids is 1. The minimum absolute atomic E-state index is 0.303. The van der Waals surface area contributed by atoms with Crippen LogP contribution in [0.25, 0.3) is 5.00 Å². The highest BCUT2D eigenvalue weighted by Gasteiger charge is 2.11. The van der Waals surface area contributed by atoms with Crippen molar-refractivity contribution in [3.05, 3.63) is 28.7 Å². The van der Waals surface area contributed by atoms with Crippen molar-refractivity contribution in [3.63, 3.8) is 0 Å². The highest BCUT2D eigenvalue weighted by molar-refractivity contribution is 7.16. The molecule has 6 heteroatoms. The zero-order valence-corrected chi connectivity index (χ0v) is 9.08. The summed E-state index contributed by atoms with van der Waals surface area (Å²) in [5, 5.41) is 13.7. The summed E-state index contributed by atoms with van der Waals surface area (Å²) in [5.41, 5.74) is 0. The van der Waals surface area contributed by atoms with Crippen molar-refractivity contribution in [3.8, 4) is 5.00 Å². The van der Waals surface area contributed by atoms with Gasteiger partial charge in [0.2, 0.25) is 0 Å². The highest BCUT2D eigenvalue weighted by atomic mass is 32.1. The molecule has 15 heavy (non-hydrogen) atoms. The molecular weight excluding hydrogens is 214 g/mol. The maximum atomic E-state index is 10.7. The van der Waals surface area contributed by atoms with Crippen LogP contribution >= 0.6 is 11.3 Å². The second kappa shape index (κ2) is 3.47. The lowest BCUT2D eigenvalue weighted by Gasteiger charge is -1.96. The van der Waals surface area contributed by atoms with Gasteiger partial charge in [0.25, 0.3) is 0 Å². The van der Waals surface area contributed by atoms with E-state index in [2.05, 4.69) is 10.1 Å². The fourth-order valence-corrected chi connectivity index (χ4v) is 2.13. The Hall–Kier alpha value is -1.69. The molecule has 0 bridgehead atoms. The van der Waals surface area contributed by atoms with Gasteiger partial charge in [0.15, 0.2) is 0 Å². The summed E-state index contributed by atoms with van der Waals surface area (Å²) in [6, 6.07) is 3.30. The van der Waals surface area contributed by atoms with Crippen LogP contribution in [0, 0.1) is 13.8 Å². The van der Waals surface area contributed by atoms with E-state index in [4.69, 9.17) is 5.11 Å². The van der Waals surface area contributed by atoms with Gasteiger partial charge in [-0.25, -0.2) is 14.5 Å². The second-order valence-corrected chi connectivity index (χ2v) is 4.12. The molecule has 5 nitrogen and oxygen atoms in total. The van der Waals surface area contributed by atoms with Crippen LogP contribution in [0.4, 0.5) is 0 Å².